The van der Waals surface area contributed by atoms with Crippen molar-refractivity contribution in [1.29, 1.82) is 0 Å². The Balaban J connectivity index is 0.000000280. The van der Waals surface area contributed by atoms with E-state index in [-0.39, 0.29) is 37.5 Å². The number of amides is 4. The lowest BCUT2D eigenvalue weighted by molar-refractivity contribution is -0.122. The minimum atomic E-state index is -0.465. The van der Waals surface area contributed by atoms with Gasteiger partial charge in [-0.3, -0.25) is 19.2 Å². The molecule has 6 N–H and O–H groups in total. The highest BCUT2D eigenvalue weighted by Gasteiger charge is 2.04. The summed E-state index contributed by atoms with van der Waals surface area (Å²) >= 11 is 0. The van der Waals surface area contributed by atoms with Gasteiger partial charge >= 0.3 is 0 Å². The summed E-state index contributed by atoms with van der Waals surface area (Å²) in [4.78, 5) is 43.2. The fourth-order valence-corrected chi connectivity index (χ4v) is 1.96. The average Bonchev–Trinajstić information content (AvgIpc) is 2.67. The van der Waals surface area contributed by atoms with Crippen LogP contribution in [0.2, 0.25) is 0 Å². The summed E-state index contributed by atoms with van der Waals surface area (Å²) in [7, 11) is 0. The third kappa shape index (κ3) is 11.0. The second-order valence-electron chi connectivity index (χ2n) is 5.76. The van der Waals surface area contributed by atoms with E-state index in [0.29, 0.717) is 0 Å². The third-order valence-corrected chi connectivity index (χ3v) is 3.31. The summed E-state index contributed by atoms with van der Waals surface area (Å²) in [5.74, 6) is -1.33. The Morgan fingerprint density at radius 3 is 1.18 bits per heavy atom. The van der Waals surface area contributed by atoms with Gasteiger partial charge in [0.05, 0.1) is 0 Å². The monoisotopic (exact) mass is 384 g/mol. The standard InChI is InChI=1S/2C10H12N2O2/c2*11-9(13)6-7-10(14)12-8-4-2-1-3-5-8/h2*1-5H,6-7H2,(H2,11,13)(H,12,14). The maximum absolute atomic E-state index is 11.2. The van der Waals surface area contributed by atoms with Crippen LogP contribution >= 0.6 is 0 Å². The molecule has 4 amide bonds. The molecule has 2 aromatic carbocycles. The zero-order valence-corrected chi connectivity index (χ0v) is 15.4. The number of nitrogens with one attached hydrogen (secondary N) is 2. The van der Waals surface area contributed by atoms with Crippen LogP contribution in [0.15, 0.2) is 60.7 Å². The van der Waals surface area contributed by atoms with Crippen LogP contribution < -0.4 is 22.1 Å². The van der Waals surface area contributed by atoms with Crippen LogP contribution in [0.3, 0.4) is 0 Å². The second kappa shape index (κ2) is 12.6. The van der Waals surface area contributed by atoms with Crippen molar-refractivity contribution >= 4 is 35.0 Å². The van der Waals surface area contributed by atoms with Crippen molar-refractivity contribution in [1.82, 2.24) is 0 Å². The Bertz CT molecular complexity index is 712. The van der Waals surface area contributed by atoms with Gasteiger partial charge < -0.3 is 22.1 Å². The van der Waals surface area contributed by atoms with Crippen LogP contribution in [0, 0.1) is 0 Å². The van der Waals surface area contributed by atoms with Crippen LogP contribution in [-0.4, -0.2) is 23.6 Å². The summed E-state index contributed by atoms with van der Waals surface area (Å²) in [6.07, 6.45) is 0.422. The predicted octanol–water partition coefficient (Wildman–Crippen LogP) is 1.78. The number of carbonyl (C=O) groups excluding carboxylic acids is 4. The number of hydrogen-bond donors (Lipinski definition) is 4. The largest absolute Gasteiger partial charge is 0.370 e. The first-order chi connectivity index (χ1) is 13.4. The van der Waals surface area contributed by atoms with Crippen LogP contribution in [-0.2, 0) is 19.2 Å². The number of nitrogens with two attached hydrogens (primary N) is 2. The first-order valence-corrected chi connectivity index (χ1v) is 8.63. The Morgan fingerprint density at radius 1 is 0.571 bits per heavy atom. The summed E-state index contributed by atoms with van der Waals surface area (Å²) in [5.41, 5.74) is 11.3. The Morgan fingerprint density at radius 2 is 0.893 bits per heavy atom. The normalized spacial score (nSPS) is 9.43. The van der Waals surface area contributed by atoms with Crippen LogP contribution in [0.5, 0.6) is 0 Å². The summed E-state index contributed by atoms with van der Waals surface area (Å²) in [6.45, 7) is 0. The third-order valence-electron chi connectivity index (χ3n) is 3.31. The van der Waals surface area contributed by atoms with Gasteiger partial charge in [-0.05, 0) is 24.3 Å². The van der Waals surface area contributed by atoms with Gasteiger partial charge in [-0.25, -0.2) is 0 Å². The lowest BCUT2D eigenvalue weighted by Crippen LogP contribution is -2.17. The van der Waals surface area contributed by atoms with E-state index in [4.69, 9.17) is 11.5 Å². The van der Waals surface area contributed by atoms with Gasteiger partial charge in [-0.1, -0.05) is 36.4 Å². The maximum Gasteiger partial charge on any atom is 0.224 e. The van der Waals surface area contributed by atoms with Crippen molar-refractivity contribution in [3.8, 4) is 0 Å². The lowest BCUT2D eigenvalue weighted by Gasteiger charge is -2.02. The predicted molar refractivity (Wildman–Crippen MR) is 107 cm³/mol. The topological polar surface area (TPSA) is 144 Å². The van der Waals surface area contributed by atoms with Crippen molar-refractivity contribution in [3.63, 3.8) is 0 Å². The Hall–Kier alpha value is -3.68. The smallest absolute Gasteiger partial charge is 0.224 e. The summed E-state index contributed by atoms with van der Waals surface area (Å²) in [5, 5.41) is 5.30. The molecule has 148 valence electrons. The number of anilines is 2. The second-order valence-corrected chi connectivity index (χ2v) is 5.76. The average molecular weight is 384 g/mol. The zero-order chi connectivity index (χ0) is 20.8. The number of carbonyl (C=O) groups is 4. The van der Waals surface area contributed by atoms with E-state index in [1.807, 2.05) is 36.4 Å². The van der Waals surface area contributed by atoms with E-state index >= 15 is 0 Å². The SMILES string of the molecule is NC(=O)CCC(=O)Nc1ccccc1.NC(=O)CCC(=O)Nc1ccccc1. The van der Waals surface area contributed by atoms with Gasteiger partial charge in [0.15, 0.2) is 0 Å². The molecule has 0 fully saturated rings. The highest BCUT2D eigenvalue weighted by Crippen LogP contribution is 2.06. The highest BCUT2D eigenvalue weighted by molar-refractivity contribution is 5.93. The van der Waals surface area contributed by atoms with Gasteiger partial charge in [-0.2, -0.15) is 0 Å². The Labute approximate surface area is 163 Å². The molecular formula is C20H24N4O4. The van der Waals surface area contributed by atoms with Gasteiger partial charge in [0, 0.05) is 37.1 Å². The molecule has 0 spiro atoms. The molecule has 28 heavy (non-hydrogen) atoms. The molecule has 0 unspecified atom stereocenters. The molecule has 8 heteroatoms. The number of rotatable bonds is 8. The van der Waals surface area contributed by atoms with Crippen molar-refractivity contribution in [3.05, 3.63) is 60.7 Å². The van der Waals surface area contributed by atoms with Crippen LogP contribution in [0.25, 0.3) is 0 Å². The number of para-hydroxylation sites is 2. The van der Waals surface area contributed by atoms with Crippen molar-refractivity contribution in [2.24, 2.45) is 11.5 Å². The molecular weight excluding hydrogens is 360 g/mol. The fourth-order valence-electron chi connectivity index (χ4n) is 1.96. The molecule has 2 rings (SSSR count). The van der Waals surface area contributed by atoms with E-state index < -0.39 is 11.8 Å². The maximum atomic E-state index is 11.2. The zero-order valence-electron chi connectivity index (χ0n) is 15.4. The molecule has 0 atom stereocenters. The van der Waals surface area contributed by atoms with E-state index in [9.17, 15) is 19.2 Å². The molecule has 0 bridgehead atoms. The minimum Gasteiger partial charge on any atom is -0.370 e. The fraction of sp³-hybridized carbons (Fsp3) is 0.200. The highest BCUT2D eigenvalue weighted by atomic mass is 16.2. The number of primary amides is 2. The van der Waals surface area contributed by atoms with Crippen LogP contribution in [0.4, 0.5) is 11.4 Å². The van der Waals surface area contributed by atoms with Gasteiger partial charge in [0.25, 0.3) is 0 Å². The molecule has 8 nitrogen and oxygen atoms in total. The van der Waals surface area contributed by atoms with Crippen molar-refractivity contribution in [2.75, 3.05) is 10.6 Å². The van der Waals surface area contributed by atoms with Crippen molar-refractivity contribution in [2.45, 2.75) is 25.7 Å². The molecule has 2 aromatic rings. The van der Waals surface area contributed by atoms with Crippen molar-refractivity contribution < 1.29 is 19.2 Å². The van der Waals surface area contributed by atoms with Gasteiger partial charge in [0.1, 0.15) is 0 Å². The number of hydrogen-bond acceptors (Lipinski definition) is 4. The molecule has 0 radical (unpaired) electrons. The molecule has 0 aliphatic carbocycles. The lowest BCUT2D eigenvalue weighted by atomic mass is 10.2. The van der Waals surface area contributed by atoms with E-state index in [0.717, 1.165) is 11.4 Å². The molecule has 0 saturated heterocycles. The van der Waals surface area contributed by atoms with Gasteiger partial charge in [-0.15, -0.1) is 0 Å². The molecule has 0 aromatic heterocycles. The van der Waals surface area contributed by atoms with Gasteiger partial charge in [0.2, 0.25) is 23.6 Å². The molecule has 0 saturated carbocycles. The first kappa shape index (κ1) is 22.4. The number of benzene rings is 2. The van der Waals surface area contributed by atoms with Crippen LogP contribution in [0.1, 0.15) is 25.7 Å². The van der Waals surface area contributed by atoms with E-state index in [1.165, 1.54) is 0 Å². The molecule has 0 aliphatic heterocycles. The summed E-state index contributed by atoms with van der Waals surface area (Å²) in [6, 6.07) is 18.1. The first-order valence-electron chi connectivity index (χ1n) is 8.63. The van der Waals surface area contributed by atoms with E-state index in [1.54, 1.807) is 24.3 Å². The molecule has 0 heterocycles. The minimum absolute atomic E-state index is 0.0820. The Kier molecular flexibility index (Phi) is 10.1. The summed E-state index contributed by atoms with van der Waals surface area (Å²) < 4.78 is 0. The molecule has 0 aliphatic rings. The quantitative estimate of drug-likeness (QED) is 0.550. The van der Waals surface area contributed by atoms with E-state index in [2.05, 4.69) is 10.6 Å².